The molecule has 1 heterocycles. The monoisotopic (exact) mass is 324 g/mol. The first-order valence-electron chi connectivity index (χ1n) is 7.61. The van der Waals surface area contributed by atoms with Crippen LogP contribution in [-0.4, -0.2) is 21.7 Å². The van der Waals surface area contributed by atoms with Crippen LogP contribution in [0.2, 0.25) is 0 Å². The van der Waals surface area contributed by atoms with Crippen molar-refractivity contribution in [1.29, 1.82) is 0 Å². The molecule has 0 radical (unpaired) electrons. The fourth-order valence-electron chi connectivity index (χ4n) is 2.21. The second kappa shape index (κ2) is 9.35. The molecular formula is C16H24N2O3S. The third-order valence-electron chi connectivity index (χ3n) is 3.43. The molecule has 122 valence electrons. The predicted molar refractivity (Wildman–Crippen MR) is 89.6 cm³/mol. The van der Waals surface area contributed by atoms with Crippen molar-refractivity contribution in [3.63, 3.8) is 0 Å². The van der Waals surface area contributed by atoms with Gasteiger partial charge < -0.3 is 9.30 Å². The third-order valence-corrected chi connectivity index (χ3v) is 3.88. The van der Waals surface area contributed by atoms with Gasteiger partial charge in [0.15, 0.2) is 4.77 Å². The van der Waals surface area contributed by atoms with Gasteiger partial charge in [0.1, 0.15) is 0 Å². The summed E-state index contributed by atoms with van der Waals surface area (Å²) >= 11 is 5.36. The number of carbonyl (C=O) groups excluding carboxylic acids is 1. The van der Waals surface area contributed by atoms with Crippen LogP contribution in [0.25, 0.3) is 0 Å². The predicted octanol–water partition coefficient (Wildman–Crippen LogP) is 3.00. The number of carbonyl (C=O) groups is 1. The number of unbranched alkanes of at least 4 members (excludes halogenated alkanes) is 3. The number of hydrogen-bond acceptors (Lipinski definition) is 4. The maximum Gasteiger partial charge on any atom is 0.330 e. The quantitative estimate of drug-likeness (QED) is 0.303. The van der Waals surface area contributed by atoms with Crippen LogP contribution in [-0.2, 0) is 22.6 Å². The number of nitrogens with zero attached hydrogens (tertiary/aromatic N) is 2. The number of aryl methyl sites for hydroxylation is 2. The molecule has 0 unspecified atom stereocenters. The van der Waals surface area contributed by atoms with Gasteiger partial charge in [-0.2, -0.15) is 0 Å². The van der Waals surface area contributed by atoms with E-state index in [9.17, 15) is 9.59 Å². The molecule has 0 N–H and O–H groups in total. The van der Waals surface area contributed by atoms with E-state index in [2.05, 4.69) is 6.58 Å². The molecule has 0 aromatic carbocycles. The largest absolute Gasteiger partial charge is 0.463 e. The molecule has 0 atom stereocenters. The minimum absolute atomic E-state index is 0.00668. The Balaban J connectivity index is 2.42. The minimum atomic E-state index is -0.372. The summed E-state index contributed by atoms with van der Waals surface area (Å²) in [7, 11) is 0. The summed E-state index contributed by atoms with van der Waals surface area (Å²) in [6.45, 7) is 8.91. The Morgan fingerprint density at radius 1 is 1.36 bits per heavy atom. The van der Waals surface area contributed by atoms with E-state index in [1.54, 1.807) is 4.57 Å². The number of rotatable bonds is 9. The van der Waals surface area contributed by atoms with E-state index in [-0.39, 0.29) is 11.5 Å². The third kappa shape index (κ3) is 5.26. The van der Waals surface area contributed by atoms with Gasteiger partial charge in [-0.3, -0.25) is 9.36 Å². The van der Waals surface area contributed by atoms with Gasteiger partial charge in [0, 0.05) is 30.9 Å². The topological polar surface area (TPSA) is 53.2 Å². The summed E-state index contributed by atoms with van der Waals surface area (Å²) in [5.41, 5.74) is 0.708. The number of esters is 1. The Morgan fingerprint density at radius 2 is 2.05 bits per heavy atom. The zero-order valence-electron chi connectivity index (χ0n) is 13.3. The van der Waals surface area contributed by atoms with Crippen LogP contribution in [0.3, 0.4) is 0 Å². The van der Waals surface area contributed by atoms with Crippen molar-refractivity contribution in [2.24, 2.45) is 0 Å². The maximum absolute atomic E-state index is 11.9. The van der Waals surface area contributed by atoms with Gasteiger partial charge in [0.2, 0.25) is 0 Å². The van der Waals surface area contributed by atoms with Crippen LogP contribution in [0.4, 0.5) is 0 Å². The van der Waals surface area contributed by atoms with Crippen molar-refractivity contribution in [3.05, 3.63) is 39.5 Å². The highest BCUT2D eigenvalue weighted by Gasteiger charge is 2.04. The molecule has 0 fully saturated rings. The average Bonchev–Trinajstić information content (AvgIpc) is 2.51. The van der Waals surface area contributed by atoms with Gasteiger partial charge in [0.05, 0.1) is 6.61 Å². The van der Waals surface area contributed by atoms with E-state index < -0.39 is 0 Å². The van der Waals surface area contributed by atoms with Crippen molar-refractivity contribution < 1.29 is 9.53 Å². The van der Waals surface area contributed by atoms with Gasteiger partial charge in [0.25, 0.3) is 5.56 Å². The molecule has 0 spiro atoms. The molecule has 5 nitrogen and oxygen atoms in total. The zero-order valence-corrected chi connectivity index (χ0v) is 14.2. The normalized spacial score (nSPS) is 10.5. The van der Waals surface area contributed by atoms with Gasteiger partial charge in [-0.25, -0.2) is 4.79 Å². The van der Waals surface area contributed by atoms with Gasteiger partial charge in [-0.15, -0.1) is 0 Å². The molecule has 0 saturated carbocycles. The van der Waals surface area contributed by atoms with E-state index >= 15 is 0 Å². The first-order valence-corrected chi connectivity index (χ1v) is 8.02. The van der Waals surface area contributed by atoms with Crippen LogP contribution < -0.4 is 5.56 Å². The summed E-state index contributed by atoms with van der Waals surface area (Å²) in [4.78, 5) is 22.8. The Morgan fingerprint density at radius 3 is 2.68 bits per heavy atom. The first kappa shape index (κ1) is 18.4. The lowest BCUT2D eigenvalue weighted by molar-refractivity contribution is -0.137. The molecule has 1 rings (SSSR count). The molecule has 1 aromatic heterocycles. The Kier molecular flexibility index (Phi) is 7.80. The van der Waals surface area contributed by atoms with E-state index in [0.717, 1.165) is 32.2 Å². The van der Waals surface area contributed by atoms with Gasteiger partial charge >= 0.3 is 5.97 Å². The zero-order chi connectivity index (χ0) is 16.5. The summed E-state index contributed by atoms with van der Waals surface area (Å²) in [6.07, 6.45) is 6.85. The van der Waals surface area contributed by atoms with Crippen LogP contribution >= 0.6 is 12.2 Å². The van der Waals surface area contributed by atoms with Crippen LogP contribution in [0.1, 0.15) is 38.2 Å². The SMILES string of the molecule is C=CC(=O)OCCCCCCn1cc(C)c(=O)n(CC)c1=S. The van der Waals surface area contributed by atoms with Gasteiger partial charge in [-0.1, -0.05) is 13.0 Å². The van der Waals surface area contributed by atoms with Crippen molar-refractivity contribution in [3.8, 4) is 0 Å². The minimum Gasteiger partial charge on any atom is -0.463 e. The molecule has 0 aliphatic rings. The Hall–Kier alpha value is -1.69. The lowest BCUT2D eigenvalue weighted by Gasteiger charge is -2.12. The highest BCUT2D eigenvalue weighted by Crippen LogP contribution is 2.04. The Labute approximate surface area is 136 Å². The van der Waals surface area contributed by atoms with Gasteiger partial charge in [-0.05, 0) is 45.3 Å². The second-order valence-corrected chi connectivity index (χ2v) is 5.49. The molecule has 0 aliphatic heterocycles. The highest BCUT2D eigenvalue weighted by molar-refractivity contribution is 7.71. The fourth-order valence-corrected chi connectivity index (χ4v) is 2.56. The lowest BCUT2D eigenvalue weighted by atomic mass is 10.2. The van der Waals surface area contributed by atoms with Crippen LogP contribution in [0, 0.1) is 11.7 Å². The second-order valence-electron chi connectivity index (χ2n) is 5.12. The number of aromatic nitrogens is 2. The van der Waals surface area contributed by atoms with Crippen molar-refractivity contribution in [2.45, 2.75) is 52.6 Å². The molecule has 0 amide bonds. The smallest absolute Gasteiger partial charge is 0.330 e. The van der Waals surface area contributed by atoms with E-state index in [4.69, 9.17) is 17.0 Å². The van der Waals surface area contributed by atoms with Crippen molar-refractivity contribution >= 4 is 18.2 Å². The van der Waals surface area contributed by atoms with E-state index in [1.165, 1.54) is 6.08 Å². The summed E-state index contributed by atoms with van der Waals surface area (Å²) in [5.74, 6) is -0.372. The molecule has 0 aliphatic carbocycles. The standard InChI is InChI=1S/C16H24N2O3S/c1-4-14(19)21-11-9-7-6-8-10-17-12-13(3)15(20)18(5-2)16(17)22/h4,12H,1,5-11H2,2-3H3. The summed E-state index contributed by atoms with van der Waals surface area (Å²) < 4.78 is 9.09. The molecule has 0 saturated heterocycles. The first-order chi connectivity index (χ1) is 10.5. The van der Waals surface area contributed by atoms with E-state index in [1.807, 2.05) is 24.6 Å². The number of hydrogen-bond donors (Lipinski definition) is 0. The van der Waals surface area contributed by atoms with Crippen molar-refractivity contribution in [1.82, 2.24) is 9.13 Å². The number of ether oxygens (including phenoxy) is 1. The molecule has 6 heteroatoms. The average molecular weight is 324 g/mol. The molecule has 0 bridgehead atoms. The highest BCUT2D eigenvalue weighted by atomic mass is 32.1. The van der Waals surface area contributed by atoms with Crippen molar-refractivity contribution in [2.75, 3.05) is 6.61 Å². The van der Waals surface area contributed by atoms with Crippen LogP contribution in [0.15, 0.2) is 23.6 Å². The summed E-state index contributed by atoms with van der Waals surface area (Å²) in [5, 5.41) is 0. The molecule has 1 aromatic rings. The Bertz CT molecular complexity index is 631. The van der Waals surface area contributed by atoms with Crippen LogP contribution in [0.5, 0.6) is 0 Å². The molecular weight excluding hydrogens is 300 g/mol. The molecule has 22 heavy (non-hydrogen) atoms. The maximum atomic E-state index is 11.9. The fraction of sp³-hybridized carbons (Fsp3) is 0.562. The van der Waals surface area contributed by atoms with E-state index in [0.29, 0.717) is 23.5 Å². The summed E-state index contributed by atoms with van der Waals surface area (Å²) in [6, 6.07) is 0. The lowest BCUT2D eigenvalue weighted by Crippen LogP contribution is -2.26.